The van der Waals surface area contributed by atoms with Crippen molar-refractivity contribution in [1.29, 1.82) is 0 Å². The van der Waals surface area contributed by atoms with Crippen LogP contribution in [0.5, 0.6) is 0 Å². The predicted octanol–water partition coefficient (Wildman–Crippen LogP) is 3.46. The molecule has 18 heavy (non-hydrogen) atoms. The molecule has 0 saturated carbocycles. The Morgan fingerprint density at radius 3 is 2.89 bits per heavy atom. The van der Waals surface area contributed by atoms with Gasteiger partial charge in [0.25, 0.3) is 0 Å². The number of aromatic nitrogens is 1. The SMILES string of the molecule is Cc1ccc(C)c(-n2ccc3c2CCCC3O)c1. The fraction of sp³-hybridized carbons (Fsp3) is 0.375. The number of nitrogens with zero attached hydrogens (tertiary/aromatic N) is 1. The van der Waals surface area contributed by atoms with Crippen LogP contribution >= 0.6 is 0 Å². The molecular weight excluding hydrogens is 222 g/mol. The van der Waals surface area contributed by atoms with Crippen molar-refractivity contribution < 1.29 is 5.11 Å². The first kappa shape index (κ1) is 11.5. The Bertz CT molecular complexity index is 583. The Hall–Kier alpha value is -1.54. The van der Waals surface area contributed by atoms with Crippen LogP contribution in [0.2, 0.25) is 0 Å². The number of aliphatic hydroxyl groups excluding tert-OH is 1. The summed E-state index contributed by atoms with van der Waals surface area (Å²) >= 11 is 0. The molecule has 1 aliphatic rings. The highest BCUT2D eigenvalue weighted by Gasteiger charge is 2.21. The fourth-order valence-electron chi connectivity index (χ4n) is 2.87. The summed E-state index contributed by atoms with van der Waals surface area (Å²) in [7, 11) is 0. The summed E-state index contributed by atoms with van der Waals surface area (Å²) in [4.78, 5) is 0. The molecule has 1 N–H and O–H groups in total. The summed E-state index contributed by atoms with van der Waals surface area (Å²) < 4.78 is 2.25. The molecule has 1 aliphatic carbocycles. The molecule has 1 aromatic heterocycles. The molecule has 0 saturated heterocycles. The highest BCUT2D eigenvalue weighted by Crippen LogP contribution is 2.32. The van der Waals surface area contributed by atoms with E-state index in [1.807, 2.05) is 0 Å². The maximum absolute atomic E-state index is 10.0. The zero-order valence-electron chi connectivity index (χ0n) is 11.0. The topological polar surface area (TPSA) is 25.2 Å². The van der Waals surface area contributed by atoms with Crippen LogP contribution in [0, 0.1) is 13.8 Å². The van der Waals surface area contributed by atoms with Gasteiger partial charge in [-0.25, -0.2) is 0 Å². The third-order valence-electron chi connectivity index (χ3n) is 3.90. The number of aryl methyl sites for hydroxylation is 2. The minimum absolute atomic E-state index is 0.278. The standard InChI is InChI=1S/C16H19NO/c1-11-6-7-12(2)15(10-11)17-9-8-13-14(17)4-3-5-16(13)18/h6-10,16,18H,3-5H2,1-2H3. The van der Waals surface area contributed by atoms with Crippen LogP contribution < -0.4 is 0 Å². The van der Waals surface area contributed by atoms with Gasteiger partial charge in [-0.3, -0.25) is 0 Å². The molecule has 2 nitrogen and oxygen atoms in total. The lowest BCUT2D eigenvalue weighted by molar-refractivity contribution is 0.156. The van der Waals surface area contributed by atoms with E-state index >= 15 is 0 Å². The van der Waals surface area contributed by atoms with Crippen LogP contribution in [0.15, 0.2) is 30.5 Å². The van der Waals surface area contributed by atoms with Gasteiger partial charge in [0.2, 0.25) is 0 Å². The van der Waals surface area contributed by atoms with Crippen molar-refractivity contribution in [3.63, 3.8) is 0 Å². The summed E-state index contributed by atoms with van der Waals surface area (Å²) in [5, 5.41) is 10.0. The van der Waals surface area contributed by atoms with Crippen LogP contribution in [-0.4, -0.2) is 9.67 Å². The predicted molar refractivity (Wildman–Crippen MR) is 73.1 cm³/mol. The maximum atomic E-state index is 10.0. The van der Waals surface area contributed by atoms with E-state index in [-0.39, 0.29) is 6.10 Å². The molecule has 0 aliphatic heterocycles. The molecule has 0 radical (unpaired) electrons. The van der Waals surface area contributed by atoms with Gasteiger partial charge in [0.15, 0.2) is 0 Å². The minimum atomic E-state index is -0.278. The average molecular weight is 241 g/mol. The Kier molecular flexibility index (Phi) is 2.75. The second kappa shape index (κ2) is 4.29. The first-order chi connectivity index (χ1) is 8.66. The molecule has 2 aromatic rings. The lowest BCUT2D eigenvalue weighted by Crippen LogP contribution is -2.11. The van der Waals surface area contributed by atoms with E-state index < -0.39 is 0 Å². The quantitative estimate of drug-likeness (QED) is 0.812. The number of aliphatic hydroxyl groups is 1. The molecule has 94 valence electrons. The van der Waals surface area contributed by atoms with Crippen molar-refractivity contribution in [1.82, 2.24) is 4.57 Å². The molecule has 3 rings (SSSR count). The zero-order valence-corrected chi connectivity index (χ0v) is 11.0. The van der Waals surface area contributed by atoms with E-state index in [2.05, 4.69) is 48.9 Å². The second-order valence-electron chi connectivity index (χ2n) is 5.29. The van der Waals surface area contributed by atoms with E-state index in [4.69, 9.17) is 0 Å². The highest BCUT2D eigenvalue weighted by molar-refractivity contribution is 5.47. The average Bonchev–Trinajstić information content (AvgIpc) is 2.77. The fourth-order valence-corrected chi connectivity index (χ4v) is 2.87. The lowest BCUT2D eigenvalue weighted by atomic mass is 9.95. The van der Waals surface area contributed by atoms with Crippen LogP contribution in [0.4, 0.5) is 0 Å². The van der Waals surface area contributed by atoms with Crippen LogP contribution in [-0.2, 0) is 6.42 Å². The summed E-state index contributed by atoms with van der Waals surface area (Å²) in [6, 6.07) is 8.59. The molecule has 0 bridgehead atoms. The number of rotatable bonds is 1. The molecule has 1 atom stereocenters. The Morgan fingerprint density at radius 2 is 2.06 bits per heavy atom. The van der Waals surface area contributed by atoms with E-state index in [0.717, 1.165) is 24.8 Å². The molecular formula is C16H19NO. The summed E-state index contributed by atoms with van der Waals surface area (Å²) in [6.07, 6.45) is 4.85. The zero-order chi connectivity index (χ0) is 12.7. The van der Waals surface area contributed by atoms with Gasteiger partial charge in [-0.05, 0) is 56.4 Å². The van der Waals surface area contributed by atoms with Gasteiger partial charge < -0.3 is 9.67 Å². The van der Waals surface area contributed by atoms with Crippen LogP contribution in [0.3, 0.4) is 0 Å². The van der Waals surface area contributed by atoms with Gasteiger partial charge in [-0.15, -0.1) is 0 Å². The normalized spacial score (nSPS) is 18.7. The number of hydrogen-bond acceptors (Lipinski definition) is 1. The Morgan fingerprint density at radius 1 is 1.22 bits per heavy atom. The van der Waals surface area contributed by atoms with Gasteiger partial charge in [-0.2, -0.15) is 0 Å². The van der Waals surface area contributed by atoms with Crippen molar-refractivity contribution in [3.8, 4) is 5.69 Å². The first-order valence-corrected chi connectivity index (χ1v) is 6.62. The molecule has 1 unspecified atom stereocenters. The van der Waals surface area contributed by atoms with Gasteiger partial charge in [-0.1, -0.05) is 12.1 Å². The van der Waals surface area contributed by atoms with Crippen molar-refractivity contribution in [2.45, 2.75) is 39.2 Å². The molecule has 0 amide bonds. The van der Waals surface area contributed by atoms with Crippen molar-refractivity contribution >= 4 is 0 Å². The summed E-state index contributed by atoms with van der Waals surface area (Å²) in [5.74, 6) is 0. The van der Waals surface area contributed by atoms with E-state index in [1.165, 1.54) is 22.5 Å². The van der Waals surface area contributed by atoms with Crippen LogP contribution in [0.1, 0.15) is 41.3 Å². The third kappa shape index (κ3) is 1.77. The van der Waals surface area contributed by atoms with Crippen LogP contribution in [0.25, 0.3) is 5.69 Å². The van der Waals surface area contributed by atoms with Crippen molar-refractivity contribution in [2.24, 2.45) is 0 Å². The molecule has 0 spiro atoms. The molecule has 0 fully saturated rings. The Labute approximate surface area is 108 Å². The highest BCUT2D eigenvalue weighted by atomic mass is 16.3. The molecule has 1 aromatic carbocycles. The van der Waals surface area contributed by atoms with Crippen molar-refractivity contribution in [2.75, 3.05) is 0 Å². The second-order valence-corrected chi connectivity index (χ2v) is 5.29. The van der Waals surface area contributed by atoms with Gasteiger partial charge in [0.1, 0.15) is 0 Å². The van der Waals surface area contributed by atoms with Gasteiger partial charge >= 0.3 is 0 Å². The van der Waals surface area contributed by atoms with Crippen molar-refractivity contribution in [3.05, 3.63) is 52.8 Å². The number of hydrogen-bond donors (Lipinski definition) is 1. The number of fused-ring (bicyclic) bond motifs is 1. The Balaban J connectivity index is 2.15. The van der Waals surface area contributed by atoms with Gasteiger partial charge in [0, 0.05) is 23.1 Å². The van der Waals surface area contributed by atoms with Gasteiger partial charge in [0.05, 0.1) is 6.10 Å². The first-order valence-electron chi connectivity index (χ1n) is 6.62. The molecule has 1 heterocycles. The lowest BCUT2D eigenvalue weighted by Gasteiger charge is -2.21. The monoisotopic (exact) mass is 241 g/mol. The largest absolute Gasteiger partial charge is 0.388 e. The van der Waals surface area contributed by atoms with E-state index in [9.17, 15) is 5.11 Å². The van der Waals surface area contributed by atoms with E-state index in [0.29, 0.717) is 0 Å². The molecule has 2 heteroatoms. The summed E-state index contributed by atoms with van der Waals surface area (Å²) in [5.41, 5.74) is 6.18. The summed E-state index contributed by atoms with van der Waals surface area (Å²) in [6.45, 7) is 4.26. The van der Waals surface area contributed by atoms with E-state index in [1.54, 1.807) is 0 Å². The maximum Gasteiger partial charge on any atom is 0.0807 e. The smallest absolute Gasteiger partial charge is 0.0807 e. The minimum Gasteiger partial charge on any atom is -0.388 e. The third-order valence-corrected chi connectivity index (χ3v) is 3.90. The number of benzene rings is 1.